The second kappa shape index (κ2) is 9.59. The highest BCUT2D eigenvalue weighted by atomic mass is 16.5. The van der Waals surface area contributed by atoms with Gasteiger partial charge in [0.25, 0.3) is 0 Å². The van der Waals surface area contributed by atoms with Gasteiger partial charge >= 0.3 is 5.97 Å². The quantitative estimate of drug-likeness (QED) is 0.385. The van der Waals surface area contributed by atoms with E-state index in [1.807, 2.05) is 36.7 Å². The van der Waals surface area contributed by atoms with Crippen LogP contribution in [0.15, 0.2) is 79.3 Å². The van der Waals surface area contributed by atoms with E-state index in [0.29, 0.717) is 11.5 Å². The number of rotatable bonds is 6. The van der Waals surface area contributed by atoms with Gasteiger partial charge in [0.1, 0.15) is 0 Å². The molecule has 0 unspecified atom stereocenters. The summed E-state index contributed by atoms with van der Waals surface area (Å²) in [6, 6.07) is 20.7. The molecule has 0 N–H and O–H groups in total. The summed E-state index contributed by atoms with van der Waals surface area (Å²) in [7, 11) is 1.42. The zero-order chi connectivity index (χ0) is 22.6. The average Bonchev–Trinajstić information content (AvgIpc) is 3.23. The van der Waals surface area contributed by atoms with Gasteiger partial charge in [0.05, 0.1) is 12.7 Å². The molecule has 0 radical (unpaired) electrons. The van der Waals surface area contributed by atoms with Crippen LogP contribution in [0.5, 0.6) is 0 Å². The number of esters is 1. The van der Waals surface area contributed by atoms with Crippen molar-refractivity contribution in [2.75, 3.05) is 20.2 Å². The summed E-state index contributed by atoms with van der Waals surface area (Å²) >= 11 is 0. The Hall–Kier alpha value is -3.44. The van der Waals surface area contributed by atoms with Crippen molar-refractivity contribution in [2.45, 2.75) is 31.8 Å². The first-order valence-corrected chi connectivity index (χ1v) is 11.6. The van der Waals surface area contributed by atoms with Crippen molar-refractivity contribution in [3.8, 4) is 0 Å². The van der Waals surface area contributed by atoms with Crippen molar-refractivity contribution in [1.29, 1.82) is 0 Å². The van der Waals surface area contributed by atoms with E-state index >= 15 is 0 Å². The largest absolute Gasteiger partial charge is 0.465 e. The van der Waals surface area contributed by atoms with Gasteiger partial charge in [0.15, 0.2) is 0 Å². The molecule has 0 saturated carbocycles. The Bertz CT molecular complexity index is 1240. The number of ether oxygens (including phenoxy) is 1. The van der Waals surface area contributed by atoms with Crippen molar-refractivity contribution in [2.24, 2.45) is 0 Å². The normalized spacial score (nSPS) is 15.1. The van der Waals surface area contributed by atoms with Crippen molar-refractivity contribution in [3.05, 3.63) is 102 Å². The van der Waals surface area contributed by atoms with Gasteiger partial charge in [-0.15, -0.1) is 0 Å². The molecule has 1 fully saturated rings. The molecule has 0 aliphatic carbocycles. The Morgan fingerprint density at radius 3 is 2.61 bits per heavy atom. The third kappa shape index (κ3) is 4.69. The maximum absolute atomic E-state index is 11.8. The van der Waals surface area contributed by atoms with Crippen LogP contribution in [0.3, 0.4) is 0 Å². The van der Waals surface area contributed by atoms with Crippen LogP contribution in [0.1, 0.15) is 45.8 Å². The first-order valence-electron chi connectivity index (χ1n) is 11.6. The number of benzene rings is 2. The number of nitrogens with zero attached hydrogens (tertiary/aromatic N) is 3. The maximum atomic E-state index is 11.8. The lowest BCUT2D eigenvalue weighted by molar-refractivity contribution is 0.0600. The number of methoxy groups -OCH3 is 1. The molecule has 5 nitrogen and oxygen atoms in total. The average molecular weight is 440 g/mol. The van der Waals surface area contributed by atoms with Crippen LogP contribution < -0.4 is 0 Å². The number of carbonyl (C=O) groups is 1. The molecule has 2 aromatic heterocycles. The summed E-state index contributed by atoms with van der Waals surface area (Å²) in [6.07, 6.45) is 8.40. The number of para-hydroxylation sites is 1. The molecule has 0 bridgehead atoms. The van der Waals surface area contributed by atoms with E-state index in [9.17, 15) is 4.79 Å². The van der Waals surface area contributed by atoms with Crippen molar-refractivity contribution in [3.63, 3.8) is 0 Å². The molecule has 1 saturated heterocycles. The highest BCUT2D eigenvalue weighted by molar-refractivity contribution is 5.89. The Labute approximate surface area is 194 Å². The summed E-state index contributed by atoms with van der Waals surface area (Å²) in [4.78, 5) is 18.6. The van der Waals surface area contributed by atoms with E-state index in [4.69, 9.17) is 4.74 Å². The minimum Gasteiger partial charge on any atom is -0.465 e. The summed E-state index contributed by atoms with van der Waals surface area (Å²) in [5.41, 5.74) is 5.74. The minimum atomic E-state index is -0.279. The molecule has 1 aliphatic heterocycles. The lowest BCUT2D eigenvalue weighted by Crippen LogP contribution is -2.32. The van der Waals surface area contributed by atoms with Crippen molar-refractivity contribution >= 4 is 16.9 Å². The molecular weight excluding hydrogens is 410 g/mol. The Morgan fingerprint density at radius 2 is 1.82 bits per heavy atom. The van der Waals surface area contributed by atoms with Gasteiger partial charge in [-0.3, -0.25) is 9.88 Å². The molecule has 5 heteroatoms. The second-order valence-electron chi connectivity index (χ2n) is 8.83. The Kier molecular flexibility index (Phi) is 6.22. The fourth-order valence-electron chi connectivity index (χ4n) is 4.99. The topological polar surface area (TPSA) is 47.4 Å². The Morgan fingerprint density at radius 1 is 1.00 bits per heavy atom. The fourth-order valence-corrected chi connectivity index (χ4v) is 4.99. The molecule has 3 heterocycles. The fraction of sp³-hybridized carbons (Fsp3) is 0.286. The molecule has 168 valence electrons. The number of hydrogen-bond acceptors (Lipinski definition) is 4. The van der Waals surface area contributed by atoms with Crippen LogP contribution in [0.4, 0.5) is 0 Å². The highest BCUT2D eigenvalue weighted by Crippen LogP contribution is 2.35. The van der Waals surface area contributed by atoms with Crippen LogP contribution in [0, 0.1) is 0 Å². The lowest BCUT2D eigenvalue weighted by atomic mass is 9.89. The zero-order valence-electron chi connectivity index (χ0n) is 19.0. The third-order valence-corrected chi connectivity index (χ3v) is 6.68. The molecule has 33 heavy (non-hydrogen) atoms. The van der Waals surface area contributed by atoms with Gasteiger partial charge in [0, 0.05) is 42.6 Å². The molecule has 1 aliphatic rings. The Balaban J connectivity index is 1.29. The number of fused-ring (bicyclic) bond motifs is 1. The molecule has 0 amide bonds. The number of piperidine rings is 1. The summed E-state index contributed by atoms with van der Waals surface area (Å²) in [5.74, 6) is 0.279. The summed E-state index contributed by atoms with van der Waals surface area (Å²) in [6.45, 7) is 3.80. The number of aromatic nitrogens is 2. The molecule has 0 spiro atoms. The molecule has 4 aromatic rings. The van der Waals surface area contributed by atoms with E-state index < -0.39 is 0 Å². The molecular formula is C28H29N3O2. The SMILES string of the molecule is COC(=O)c1cccc(CN2CCC(c3cn(Cc4cccnc4)c4ccccc34)CC2)c1. The third-order valence-electron chi connectivity index (χ3n) is 6.68. The first kappa shape index (κ1) is 21.4. The maximum Gasteiger partial charge on any atom is 0.337 e. The molecule has 2 aromatic carbocycles. The van der Waals surface area contributed by atoms with E-state index in [1.165, 1.54) is 29.1 Å². The van der Waals surface area contributed by atoms with Gasteiger partial charge in [-0.1, -0.05) is 36.4 Å². The van der Waals surface area contributed by atoms with Gasteiger partial charge < -0.3 is 9.30 Å². The predicted octanol–water partition coefficient (Wildman–Crippen LogP) is 5.25. The van der Waals surface area contributed by atoms with Crippen LogP contribution in [0.25, 0.3) is 10.9 Å². The monoisotopic (exact) mass is 439 g/mol. The number of carbonyl (C=O) groups excluding carboxylic acids is 1. The standard InChI is InChI=1S/C28H29N3O2/c1-33-28(32)24-8-4-6-21(16-24)18-30-14-11-23(12-15-30)26-20-31(19-22-7-5-13-29-17-22)27-10-3-2-9-25(26)27/h2-10,13,16-17,20,23H,11-12,14-15,18-19H2,1H3. The van der Waals surface area contributed by atoms with Gasteiger partial charge in [0.2, 0.25) is 0 Å². The van der Waals surface area contributed by atoms with E-state index in [0.717, 1.165) is 44.6 Å². The number of hydrogen-bond donors (Lipinski definition) is 0. The minimum absolute atomic E-state index is 0.279. The van der Waals surface area contributed by atoms with Crippen LogP contribution in [0.2, 0.25) is 0 Å². The van der Waals surface area contributed by atoms with E-state index in [-0.39, 0.29) is 5.97 Å². The second-order valence-corrected chi connectivity index (χ2v) is 8.83. The highest BCUT2D eigenvalue weighted by Gasteiger charge is 2.24. The smallest absolute Gasteiger partial charge is 0.337 e. The number of pyridine rings is 1. The summed E-state index contributed by atoms with van der Waals surface area (Å²) in [5, 5.41) is 1.37. The van der Waals surface area contributed by atoms with Crippen LogP contribution >= 0.6 is 0 Å². The van der Waals surface area contributed by atoms with Gasteiger partial charge in [-0.25, -0.2) is 4.79 Å². The van der Waals surface area contributed by atoms with Crippen molar-refractivity contribution in [1.82, 2.24) is 14.5 Å². The van der Waals surface area contributed by atoms with Gasteiger partial charge in [-0.2, -0.15) is 0 Å². The van der Waals surface area contributed by atoms with Crippen LogP contribution in [-0.4, -0.2) is 40.6 Å². The molecule has 0 atom stereocenters. The van der Waals surface area contributed by atoms with Crippen LogP contribution in [-0.2, 0) is 17.8 Å². The van der Waals surface area contributed by atoms with Crippen molar-refractivity contribution < 1.29 is 9.53 Å². The summed E-state index contributed by atoms with van der Waals surface area (Å²) < 4.78 is 7.23. The number of likely N-dealkylation sites (tertiary alicyclic amines) is 1. The molecule has 5 rings (SSSR count). The van der Waals surface area contributed by atoms with Gasteiger partial charge in [-0.05, 0) is 72.8 Å². The zero-order valence-corrected chi connectivity index (χ0v) is 19.0. The first-order chi connectivity index (χ1) is 16.2. The van der Waals surface area contributed by atoms with E-state index in [1.54, 1.807) is 0 Å². The predicted molar refractivity (Wildman–Crippen MR) is 130 cm³/mol. The van der Waals surface area contributed by atoms with E-state index in [2.05, 4.69) is 57.0 Å². The lowest BCUT2D eigenvalue weighted by Gasteiger charge is -2.32.